The predicted molar refractivity (Wildman–Crippen MR) is 60.8 cm³/mol. The molecule has 0 bridgehead atoms. The minimum atomic E-state index is 0.204. The SMILES string of the molecule is CC(CO)CNC(C)c1ccc(O)cc1. The zero-order valence-electron chi connectivity index (χ0n) is 9.27. The highest BCUT2D eigenvalue weighted by molar-refractivity contribution is 5.27. The van der Waals surface area contributed by atoms with Crippen molar-refractivity contribution in [3.05, 3.63) is 29.8 Å². The molecule has 3 heteroatoms. The van der Waals surface area contributed by atoms with Crippen LogP contribution in [0.3, 0.4) is 0 Å². The van der Waals surface area contributed by atoms with Gasteiger partial charge in [0, 0.05) is 19.2 Å². The molecule has 0 radical (unpaired) electrons. The van der Waals surface area contributed by atoms with Crippen LogP contribution in [0, 0.1) is 5.92 Å². The lowest BCUT2D eigenvalue weighted by Crippen LogP contribution is -2.25. The van der Waals surface area contributed by atoms with Crippen molar-refractivity contribution in [2.45, 2.75) is 19.9 Å². The van der Waals surface area contributed by atoms with Crippen molar-refractivity contribution in [1.82, 2.24) is 5.32 Å². The first kappa shape index (κ1) is 12.0. The fourth-order valence-electron chi connectivity index (χ4n) is 1.32. The Morgan fingerprint density at radius 3 is 2.33 bits per heavy atom. The van der Waals surface area contributed by atoms with Crippen molar-refractivity contribution in [2.75, 3.05) is 13.2 Å². The maximum Gasteiger partial charge on any atom is 0.115 e. The van der Waals surface area contributed by atoms with Crippen LogP contribution in [0.5, 0.6) is 5.75 Å². The summed E-state index contributed by atoms with van der Waals surface area (Å²) in [5.74, 6) is 0.555. The molecule has 1 rings (SSSR count). The fourth-order valence-corrected chi connectivity index (χ4v) is 1.32. The van der Waals surface area contributed by atoms with Gasteiger partial charge in [0.1, 0.15) is 5.75 Å². The van der Waals surface area contributed by atoms with Gasteiger partial charge in [-0.05, 0) is 30.5 Å². The molecule has 0 fully saturated rings. The molecule has 0 aliphatic carbocycles. The average molecular weight is 209 g/mol. The molecule has 3 N–H and O–H groups in total. The molecule has 15 heavy (non-hydrogen) atoms. The summed E-state index contributed by atoms with van der Waals surface area (Å²) in [6.45, 7) is 5.06. The Balaban J connectivity index is 2.46. The maximum absolute atomic E-state index is 9.14. The van der Waals surface area contributed by atoms with E-state index in [1.807, 2.05) is 19.1 Å². The van der Waals surface area contributed by atoms with Crippen LogP contribution in [-0.2, 0) is 0 Å². The largest absolute Gasteiger partial charge is 0.508 e. The minimum Gasteiger partial charge on any atom is -0.508 e. The molecule has 0 heterocycles. The van der Waals surface area contributed by atoms with Gasteiger partial charge in [0.05, 0.1) is 0 Å². The van der Waals surface area contributed by atoms with Gasteiger partial charge in [-0.2, -0.15) is 0 Å². The number of hydrogen-bond acceptors (Lipinski definition) is 3. The second kappa shape index (κ2) is 5.73. The van der Waals surface area contributed by atoms with Crippen LogP contribution in [0.2, 0.25) is 0 Å². The number of aliphatic hydroxyl groups is 1. The molecular weight excluding hydrogens is 190 g/mol. The molecule has 1 aromatic carbocycles. The first-order valence-corrected chi connectivity index (χ1v) is 5.26. The number of phenols is 1. The summed E-state index contributed by atoms with van der Waals surface area (Å²) in [5.41, 5.74) is 1.14. The molecule has 2 unspecified atom stereocenters. The summed E-state index contributed by atoms with van der Waals surface area (Å²) in [5, 5.41) is 21.4. The Labute approximate surface area is 90.8 Å². The van der Waals surface area contributed by atoms with Gasteiger partial charge >= 0.3 is 0 Å². The van der Waals surface area contributed by atoms with Gasteiger partial charge in [-0.25, -0.2) is 0 Å². The van der Waals surface area contributed by atoms with E-state index in [1.54, 1.807) is 12.1 Å². The van der Waals surface area contributed by atoms with Crippen LogP contribution in [-0.4, -0.2) is 23.4 Å². The van der Waals surface area contributed by atoms with Gasteiger partial charge in [0.15, 0.2) is 0 Å². The standard InChI is InChI=1S/C12H19NO2/c1-9(8-14)7-13-10(2)11-3-5-12(15)6-4-11/h3-6,9-10,13-15H,7-8H2,1-2H3. The third-order valence-corrected chi connectivity index (χ3v) is 2.48. The third kappa shape index (κ3) is 3.90. The molecule has 0 aromatic heterocycles. The number of phenolic OH excluding ortho intramolecular Hbond substituents is 1. The summed E-state index contributed by atoms with van der Waals surface area (Å²) in [6.07, 6.45) is 0. The number of hydrogen-bond donors (Lipinski definition) is 3. The van der Waals surface area contributed by atoms with Crippen LogP contribution in [0.4, 0.5) is 0 Å². The lowest BCUT2D eigenvalue weighted by atomic mass is 10.1. The number of aliphatic hydroxyl groups excluding tert-OH is 1. The Hall–Kier alpha value is -1.06. The van der Waals surface area contributed by atoms with E-state index in [-0.39, 0.29) is 24.3 Å². The first-order chi connectivity index (χ1) is 7.13. The number of aromatic hydroxyl groups is 1. The van der Waals surface area contributed by atoms with Gasteiger partial charge in [-0.1, -0.05) is 19.1 Å². The Kier molecular flexibility index (Phi) is 4.59. The molecule has 2 atom stereocenters. The molecule has 3 nitrogen and oxygen atoms in total. The van der Waals surface area contributed by atoms with Crippen LogP contribution >= 0.6 is 0 Å². The quantitative estimate of drug-likeness (QED) is 0.691. The van der Waals surface area contributed by atoms with Gasteiger partial charge in [-0.15, -0.1) is 0 Å². The van der Waals surface area contributed by atoms with Crippen LogP contribution in [0.1, 0.15) is 25.5 Å². The van der Waals surface area contributed by atoms with E-state index < -0.39 is 0 Å². The predicted octanol–water partition coefficient (Wildman–Crippen LogP) is 1.67. The summed E-state index contributed by atoms with van der Waals surface area (Å²) in [6, 6.07) is 7.40. The molecule has 0 amide bonds. The Morgan fingerprint density at radius 2 is 1.80 bits per heavy atom. The monoisotopic (exact) mass is 209 g/mol. The molecule has 84 valence electrons. The van der Waals surface area contributed by atoms with Crippen molar-refractivity contribution in [2.24, 2.45) is 5.92 Å². The van der Waals surface area contributed by atoms with E-state index in [4.69, 9.17) is 10.2 Å². The Bertz CT molecular complexity index is 284. The minimum absolute atomic E-state index is 0.204. The second-order valence-electron chi connectivity index (χ2n) is 4.01. The molecule has 0 aliphatic rings. The summed E-state index contributed by atoms with van der Waals surface area (Å²) in [4.78, 5) is 0. The van der Waals surface area contributed by atoms with E-state index in [0.29, 0.717) is 0 Å². The zero-order valence-corrected chi connectivity index (χ0v) is 9.27. The third-order valence-electron chi connectivity index (χ3n) is 2.48. The molecule has 0 saturated carbocycles. The fraction of sp³-hybridized carbons (Fsp3) is 0.500. The summed E-state index contributed by atoms with van der Waals surface area (Å²) in [7, 11) is 0. The number of benzene rings is 1. The maximum atomic E-state index is 9.14. The Morgan fingerprint density at radius 1 is 1.20 bits per heavy atom. The van der Waals surface area contributed by atoms with Crippen LogP contribution in [0.25, 0.3) is 0 Å². The highest BCUT2D eigenvalue weighted by Crippen LogP contribution is 2.16. The van der Waals surface area contributed by atoms with E-state index >= 15 is 0 Å². The molecule has 1 aromatic rings. The topological polar surface area (TPSA) is 52.5 Å². The van der Waals surface area contributed by atoms with Crippen molar-refractivity contribution in [1.29, 1.82) is 0 Å². The molecule has 0 saturated heterocycles. The van der Waals surface area contributed by atoms with E-state index in [0.717, 1.165) is 12.1 Å². The highest BCUT2D eigenvalue weighted by Gasteiger charge is 2.06. The second-order valence-corrected chi connectivity index (χ2v) is 4.01. The molecule has 0 aliphatic heterocycles. The van der Waals surface area contributed by atoms with Crippen LogP contribution in [0.15, 0.2) is 24.3 Å². The molecular formula is C12H19NO2. The highest BCUT2D eigenvalue weighted by atomic mass is 16.3. The summed E-state index contributed by atoms with van der Waals surface area (Å²) < 4.78 is 0. The van der Waals surface area contributed by atoms with Crippen molar-refractivity contribution >= 4 is 0 Å². The molecule has 0 spiro atoms. The number of rotatable bonds is 5. The lowest BCUT2D eigenvalue weighted by Gasteiger charge is -2.16. The average Bonchev–Trinajstić information content (AvgIpc) is 2.26. The van der Waals surface area contributed by atoms with Crippen molar-refractivity contribution < 1.29 is 10.2 Å². The zero-order chi connectivity index (χ0) is 11.3. The van der Waals surface area contributed by atoms with Gasteiger partial charge in [-0.3, -0.25) is 0 Å². The van der Waals surface area contributed by atoms with Crippen molar-refractivity contribution in [3.8, 4) is 5.75 Å². The van der Waals surface area contributed by atoms with E-state index in [1.165, 1.54) is 0 Å². The van der Waals surface area contributed by atoms with Crippen molar-refractivity contribution in [3.63, 3.8) is 0 Å². The van der Waals surface area contributed by atoms with Gasteiger partial charge in [0.2, 0.25) is 0 Å². The first-order valence-electron chi connectivity index (χ1n) is 5.26. The van der Waals surface area contributed by atoms with Gasteiger partial charge < -0.3 is 15.5 Å². The van der Waals surface area contributed by atoms with Gasteiger partial charge in [0.25, 0.3) is 0 Å². The normalized spacial score (nSPS) is 14.9. The summed E-state index contributed by atoms with van der Waals surface area (Å²) >= 11 is 0. The lowest BCUT2D eigenvalue weighted by molar-refractivity contribution is 0.231. The van der Waals surface area contributed by atoms with Crippen LogP contribution < -0.4 is 5.32 Å². The smallest absolute Gasteiger partial charge is 0.115 e. The number of nitrogens with one attached hydrogen (secondary N) is 1. The van der Waals surface area contributed by atoms with E-state index in [2.05, 4.69) is 12.2 Å². The van der Waals surface area contributed by atoms with E-state index in [9.17, 15) is 0 Å².